The summed E-state index contributed by atoms with van der Waals surface area (Å²) < 4.78 is 6.82. The monoisotopic (exact) mass is 450 g/mol. The van der Waals surface area contributed by atoms with Crippen LogP contribution in [0, 0.1) is 0 Å². The maximum absolute atomic E-state index is 13.4. The summed E-state index contributed by atoms with van der Waals surface area (Å²) in [6.07, 6.45) is 0.973. The molecule has 8 heteroatoms. The summed E-state index contributed by atoms with van der Waals surface area (Å²) in [5, 5.41) is 22.1. The first kappa shape index (κ1) is 20.9. The minimum absolute atomic E-state index is 0.114. The van der Waals surface area contributed by atoms with Crippen LogP contribution in [0.5, 0.6) is 5.75 Å². The topological polar surface area (TPSA) is 102 Å². The number of aliphatic hydroxyl groups is 1. The van der Waals surface area contributed by atoms with Crippen LogP contribution in [0.1, 0.15) is 35.6 Å². The molecule has 7 nitrogen and oxygen atoms in total. The molecule has 3 aromatic rings. The molecule has 32 heavy (non-hydrogen) atoms. The van der Waals surface area contributed by atoms with Crippen molar-refractivity contribution in [3.05, 3.63) is 56.9 Å². The normalized spacial score (nSPS) is 19.1. The van der Waals surface area contributed by atoms with E-state index < -0.39 is 20.4 Å². The molecule has 0 saturated heterocycles. The molecule has 0 saturated carbocycles. The van der Waals surface area contributed by atoms with Gasteiger partial charge in [-0.2, -0.15) is 0 Å². The Kier molecular flexibility index (Phi) is 4.76. The van der Waals surface area contributed by atoms with Crippen molar-refractivity contribution in [2.45, 2.75) is 57.7 Å². The van der Waals surface area contributed by atoms with Crippen LogP contribution in [0.4, 0.5) is 0 Å². The predicted molar refractivity (Wildman–Crippen MR) is 124 cm³/mol. The fourth-order valence-electron chi connectivity index (χ4n) is 4.87. The van der Waals surface area contributed by atoms with Crippen LogP contribution in [-0.2, 0) is 34.7 Å². The van der Waals surface area contributed by atoms with Crippen LogP contribution in [-0.4, -0.2) is 34.5 Å². The van der Waals surface area contributed by atoms with Crippen molar-refractivity contribution in [3.63, 3.8) is 0 Å². The number of phenols is 1. The SMILES string of the molecule is CC[C@@]1(O)C(=O)OCc2c1cc1n(c2=O)Cc2c-1nc1ccc(O)cc1c2CC[SiH](C)C. The van der Waals surface area contributed by atoms with Gasteiger partial charge in [0.15, 0.2) is 5.60 Å². The zero-order valence-electron chi connectivity index (χ0n) is 18.4. The third kappa shape index (κ3) is 2.93. The van der Waals surface area contributed by atoms with Crippen LogP contribution in [0.3, 0.4) is 0 Å². The first-order chi connectivity index (χ1) is 15.2. The average Bonchev–Trinajstić information content (AvgIpc) is 3.13. The molecule has 5 rings (SSSR count). The number of esters is 1. The molecule has 0 radical (unpaired) electrons. The highest BCUT2D eigenvalue weighted by atomic mass is 28.3. The third-order valence-corrected chi connectivity index (χ3v) is 8.20. The number of carbonyl (C=O) groups excluding carboxylic acids is 1. The first-order valence-electron chi connectivity index (χ1n) is 11.1. The van der Waals surface area contributed by atoms with Crippen LogP contribution < -0.4 is 5.56 Å². The number of aromatic hydroxyl groups is 1. The molecule has 1 atom stereocenters. The number of hydrogen-bond acceptors (Lipinski definition) is 6. The van der Waals surface area contributed by atoms with Crippen molar-refractivity contribution in [1.29, 1.82) is 0 Å². The Morgan fingerprint density at radius 1 is 1.22 bits per heavy atom. The standard InChI is InChI=1S/C24H26N2O5Si/c1-4-24(30)18-10-20-21-16(11-26(20)22(28)17(18)12-31-23(24)29)14(7-8-32(2)3)15-9-13(27)5-6-19(15)25-21/h5-6,9-10,27,30,32H,4,7-8,11-12H2,1-3H3/t24-/m0/s1. The minimum atomic E-state index is -1.83. The molecule has 1 aromatic carbocycles. The number of benzene rings is 1. The Morgan fingerprint density at radius 2 is 2.00 bits per heavy atom. The van der Waals surface area contributed by atoms with Gasteiger partial charge in [-0.15, -0.1) is 0 Å². The zero-order chi connectivity index (χ0) is 22.8. The minimum Gasteiger partial charge on any atom is -0.508 e. The number of rotatable bonds is 4. The van der Waals surface area contributed by atoms with E-state index in [9.17, 15) is 19.8 Å². The van der Waals surface area contributed by atoms with Gasteiger partial charge in [-0.3, -0.25) is 4.79 Å². The molecule has 0 aliphatic carbocycles. The van der Waals surface area contributed by atoms with Crippen molar-refractivity contribution < 1.29 is 19.7 Å². The molecule has 0 spiro atoms. The molecule has 2 aliphatic heterocycles. The van der Waals surface area contributed by atoms with Gasteiger partial charge in [-0.05, 0) is 42.7 Å². The van der Waals surface area contributed by atoms with Gasteiger partial charge in [-0.1, -0.05) is 26.1 Å². The quantitative estimate of drug-likeness (QED) is 0.366. The van der Waals surface area contributed by atoms with E-state index in [1.54, 1.807) is 35.8 Å². The first-order valence-corrected chi connectivity index (χ1v) is 14.2. The third-order valence-electron chi connectivity index (χ3n) is 6.76. The average molecular weight is 451 g/mol. The number of nitrogens with zero attached hydrogens (tertiary/aromatic N) is 2. The van der Waals surface area contributed by atoms with E-state index in [-0.39, 0.29) is 24.3 Å². The predicted octanol–water partition coefficient (Wildman–Crippen LogP) is 2.81. The fourth-order valence-corrected chi connectivity index (χ4v) is 5.73. The van der Waals surface area contributed by atoms with E-state index in [1.165, 1.54) is 0 Å². The number of phenolic OH excluding ortho intramolecular Hbond substituents is 1. The Hall–Kier alpha value is -2.97. The highest BCUT2D eigenvalue weighted by Crippen LogP contribution is 2.40. The number of aryl methyl sites for hydroxylation is 1. The number of fused-ring (bicyclic) bond motifs is 5. The molecule has 2 aromatic heterocycles. The summed E-state index contributed by atoms with van der Waals surface area (Å²) in [6.45, 7) is 6.54. The van der Waals surface area contributed by atoms with E-state index in [0.717, 1.165) is 34.5 Å². The second-order valence-electron chi connectivity index (χ2n) is 9.15. The van der Waals surface area contributed by atoms with Crippen LogP contribution >= 0.6 is 0 Å². The van der Waals surface area contributed by atoms with E-state index >= 15 is 0 Å². The molecule has 0 bridgehead atoms. The highest BCUT2D eigenvalue weighted by Gasteiger charge is 2.45. The van der Waals surface area contributed by atoms with Gasteiger partial charge in [0.25, 0.3) is 5.56 Å². The number of ether oxygens (including phenoxy) is 1. The lowest BCUT2D eigenvalue weighted by atomic mass is 9.86. The summed E-state index contributed by atoms with van der Waals surface area (Å²) >= 11 is 0. The maximum Gasteiger partial charge on any atom is 0.343 e. The number of pyridine rings is 2. The highest BCUT2D eigenvalue weighted by molar-refractivity contribution is 6.55. The van der Waals surface area contributed by atoms with Gasteiger partial charge < -0.3 is 19.5 Å². The van der Waals surface area contributed by atoms with E-state index in [4.69, 9.17) is 9.72 Å². The summed E-state index contributed by atoms with van der Waals surface area (Å²) in [4.78, 5) is 30.6. The smallest absolute Gasteiger partial charge is 0.343 e. The molecule has 2 aliphatic rings. The van der Waals surface area contributed by atoms with E-state index in [0.29, 0.717) is 29.1 Å². The second-order valence-corrected chi connectivity index (χ2v) is 12.5. The van der Waals surface area contributed by atoms with E-state index in [2.05, 4.69) is 13.1 Å². The molecule has 0 fully saturated rings. The number of aromatic nitrogens is 2. The zero-order valence-corrected chi connectivity index (χ0v) is 19.6. The lowest BCUT2D eigenvalue weighted by Crippen LogP contribution is -2.44. The lowest BCUT2D eigenvalue weighted by Gasteiger charge is -2.31. The number of hydrogen-bond donors (Lipinski definition) is 2. The molecule has 4 heterocycles. The summed E-state index contributed by atoms with van der Waals surface area (Å²) in [7, 11) is -0.831. The van der Waals surface area contributed by atoms with Gasteiger partial charge >= 0.3 is 5.97 Å². The van der Waals surface area contributed by atoms with Gasteiger partial charge in [0.2, 0.25) is 0 Å². The van der Waals surface area contributed by atoms with Crippen molar-refractivity contribution >= 4 is 25.7 Å². The molecular weight excluding hydrogens is 424 g/mol. The van der Waals surface area contributed by atoms with Gasteiger partial charge in [0.05, 0.1) is 29.0 Å². The van der Waals surface area contributed by atoms with Gasteiger partial charge in [0.1, 0.15) is 12.4 Å². The molecule has 0 amide bonds. The Balaban J connectivity index is 1.78. The maximum atomic E-state index is 13.4. The summed E-state index contributed by atoms with van der Waals surface area (Å²) in [5.74, 6) is -0.534. The fraction of sp³-hybridized carbons (Fsp3) is 0.375. The van der Waals surface area contributed by atoms with Gasteiger partial charge in [0, 0.05) is 25.3 Å². The molecule has 0 unspecified atom stereocenters. The molecule has 2 N–H and O–H groups in total. The largest absolute Gasteiger partial charge is 0.508 e. The summed E-state index contributed by atoms with van der Waals surface area (Å²) in [6, 6.07) is 8.00. The van der Waals surface area contributed by atoms with Crippen molar-refractivity contribution in [2.24, 2.45) is 0 Å². The van der Waals surface area contributed by atoms with Gasteiger partial charge in [-0.25, -0.2) is 9.78 Å². The van der Waals surface area contributed by atoms with Crippen molar-refractivity contribution in [3.8, 4) is 17.1 Å². The number of carbonyl (C=O) groups is 1. The van der Waals surface area contributed by atoms with Crippen LogP contribution in [0.2, 0.25) is 19.1 Å². The van der Waals surface area contributed by atoms with Crippen molar-refractivity contribution in [2.75, 3.05) is 0 Å². The number of cyclic esters (lactones) is 1. The Morgan fingerprint density at radius 3 is 2.72 bits per heavy atom. The Labute approximate surface area is 186 Å². The van der Waals surface area contributed by atoms with Crippen LogP contribution in [0.25, 0.3) is 22.3 Å². The van der Waals surface area contributed by atoms with Crippen LogP contribution in [0.15, 0.2) is 29.1 Å². The summed E-state index contributed by atoms with van der Waals surface area (Å²) in [5.41, 5.74) is 2.72. The Bertz CT molecular complexity index is 1350. The molecular formula is C24H26N2O5Si. The molecule has 166 valence electrons. The van der Waals surface area contributed by atoms with E-state index in [1.807, 2.05) is 0 Å². The second kappa shape index (κ2) is 7.28. The van der Waals surface area contributed by atoms with Crippen molar-refractivity contribution in [1.82, 2.24) is 9.55 Å². The lowest BCUT2D eigenvalue weighted by molar-refractivity contribution is -0.172.